The van der Waals surface area contributed by atoms with Gasteiger partial charge in [-0.15, -0.1) is 0 Å². The van der Waals surface area contributed by atoms with E-state index in [1.165, 1.54) is 0 Å². The molecule has 2 aromatic carbocycles. The first kappa shape index (κ1) is 17.9. The van der Waals surface area contributed by atoms with Gasteiger partial charge in [-0.1, -0.05) is 41.6 Å². The standard InChI is InChI=1S/C20H20N2O4S/c23-20(14-7-3-1-4-8-14)26-21-18-15-11-12-16(13-15)19(18)22-27(24,25)17-9-5-2-6-10-17/h1-10,15-16,19,22H,11-13H2/b21-18+/t15-,16-,19+/m0/s1. The van der Waals surface area contributed by atoms with Crippen LogP contribution in [0.2, 0.25) is 0 Å². The maximum absolute atomic E-state index is 12.7. The molecule has 0 amide bonds. The van der Waals surface area contributed by atoms with E-state index in [1.807, 2.05) is 6.07 Å². The van der Waals surface area contributed by atoms with Crippen LogP contribution in [0.4, 0.5) is 0 Å². The molecule has 1 N–H and O–H groups in total. The van der Waals surface area contributed by atoms with Gasteiger partial charge in [-0.2, -0.15) is 0 Å². The summed E-state index contributed by atoms with van der Waals surface area (Å²) >= 11 is 0. The molecule has 2 fully saturated rings. The van der Waals surface area contributed by atoms with Gasteiger partial charge >= 0.3 is 5.97 Å². The van der Waals surface area contributed by atoms with E-state index in [9.17, 15) is 13.2 Å². The van der Waals surface area contributed by atoms with Crippen LogP contribution in [0.25, 0.3) is 0 Å². The maximum Gasteiger partial charge on any atom is 0.365 e. The number of oxime groups is 1. The number of carbonyl (C=O) groups is 1. The summed E-state index contributed by atoms with van der Waals surface area (Å²) in [4.78, 5) is 17.5. The molecule has 0 aromatic heterocycles. The Kier molecular flexibility index (Phi) is 4.80. The quantitative estimate of drug-likeness (QED) is 0.634. The molecule has 2 aliphatic carbocycles. The lowest BCUT2D eigenvalue weighted by Gasteiger charge is -2.24. The smallest absolute Gasteiger partial charge is 0.313 e. The van der Waals surface area contributed by atoms with Gasteiger partial charge in [0.2, 0.25) is 10.0 Å². The van der Waals surface area contributed by atoms with Gasteiger partial charge in [0.15, 0.2) is 0 Å². The Morgan fingerprint density at radius 2 is 1.67 bits per heavy atom. The lowest BCUT2D eigenvalue weighted by molar-refractivity contribution is 0.0512. The summed E-state index contributed by atoms with van der Waals surface area (Å²) in [5, 5.41) is 4.08. The second-order valence-electron chi connectivity index (χ2n) is 6.94. The maximum atomic E-state index is 12.7. The Balaban J connectivity index is 1.54. The molecule has 0 saturated heterocycles. The van der Waals surface area contributed by atoms with Crippen molar-refractivity contribution in [3.8, 4) is 0 Å². The lowest BCUT2D eigenvalue weighted by atomic mass is 9.94. The van der Waals surface area contributed by atoms with E-state index in [0.717, 1.165) is 19.3 Å². The van der Waals surface area contributed by atoms with Crippen molar-refractivity contribution in [1.29, 1.82) is 0 Å². The van der Waals surface area contributed by atoms with Crippen molar-refractivity contribution in [2.45, 2.75) is 30.2 Å². The fourth-order valence-electron chi connectivity index (χ4n) is 3.93. The number of nitrogens with one attached hydrogen (secondary N) is 1. The Hall–Kier alpha value is -2.51. The minimum Gasteiger partial charge on any atom is -0.313 e. The van der Waals surface area contributed by atoms with Gasteiger partial charge in [0, 0.05) is 5.92 Å². The first-order chi connectivity index (χ1) is 13.0. The average Bonchev–Trinajstić information content (AvgIpc) is 3.29. The van der Waals surface area contributed by atoms with Crippen molar-refractivity contribution in [3.63, 3.8) is 0 Å². The Labute approximate surface area is 158 Å². The molecule has 2 bridgehead atoms. The van der Waals surface area contributed by atoms with E-state index in [1.54, 1.807) is 54.6 Å². The molecule has 0 unspecified atom stereocenters. The molecule has 140 valence electrons. The zero-order valence-corrected chi connectivity index (χ0v) is 15.4. The van der Waals surface area contributed by atoms with Crippen LogP contribution < -0.4 is 4.72 Å². The van der Waals surface area contributed by atoms with Crippen LogP contribution in [-0.2, 0) is 14.9 Å². The molecule has 2 saturated carbocycles. The molecule has 2 aromatic rings. The van der Waals surface area contributed by atoms with E-state index < -0.39 is 22.0 Å². The number of hydrogen-bond acceptors (Lipinski definition) is 5. The Bertz CT molecular complexity index is 958. The van der Waals surface area contributed by atoms with Gasteiger partial charge in [0.25, 0.3) is 0 Å². The minimum atomic E-state index is -3.66. The summed E-state index contributed by atoms with van der Waals surface area (Å²) in [5.74, 6) is -0.208. The number of carbonyl (C=O) groups excluding carboxylic acids is 1. The van der Waals surface area contributed by atoms with E-state index in [2.05, 4.69) is 9.88 Å². The van der Waals surface area contributed by atoms with Crippen molar-refractivity contribution >= 4 is 21.7 Å². The van der Waals surface area contributed by atoms with Crippen molar-refractivity contribution in [1.82, 2.24) is 4.72 Å². The third-order valence-electron chi connectivity index (χ3n) is 5.26. The molecule has 0 radical (unpaired) electrons. The molecule has 0 spiro atoms. The van der Waals surface area contributed by atoms with E-state index in [-0.39, 0.29) is 16.7 Å². The van der Waals surface area contributed by atoms with Gasteiger partial charge in [-0.3, -0.25) is 0 Å². The van der Waals surface area contributed by atoms with Crippen LogP contribution >= 0.6 is 0 Å². The minimum absolute atomic E-state index is 0.155. The number of nitrogens with zero attached hydrogens (tertiary/aromatic N) is 1. The summed E-state index contributed by atoms with van der Waals surface area (Å²) in [6, 6.07) is 16.4. The predicted octanol–water partition coefficient (Wildman–Crippen LogP) is 2.98. The molecule has 27 heavy (non-hydrogen) atoms. The molecule has 2 aliphatic rings. The van der Waals surface area contributed by atoms with Crippen molar-refractivity contribution in [2.75, 3.05) is 0 Å². The van der Waals surface area contributed by atoms with Crippen LogP contribution in [-0.4, -0.2) is 26.1 Å². The van der Waals surface area contributed by atoms with Gasteiger partial charge < -0.3 is 4.84 Å². The molecule has 4 rings (SSSR count). The van der Waals surface area contributed by atoms with Crippen molar-refractivity contribution in [2.24, 2.45) is 17.0 Å². The summed E-state index contributed by atoms with van der Waals surface area (Å²) in [5.41, 5.74) is 1.03. The van der Waals surface area contributed by atoms with Crippen LogP contribution in [0, 0.1) is 11.8 Å². The first-order valence-corrected chi connectivity index (χ1v) is 10.4. The first-order valence-electron chi connectivity index (χ1n) is 8.96. The highest BCUT2D eigenvalue weighted by Gasteiger charge is 2.47. The number of sulfonamides is 1. The van der Waals surface area contributed by atoms with E-state index in [0.29, 0.717) is 11.3 Å². The highest BCUT2D eigenvalue weighted by Crippen LogP contribution is 2.43. The third-order valence-corrected chi connectivity index (χ3v) is 6.72. The Morgan fingerprint density at radius 1 is 1.00 bits per heavy atom. The number of fused-ring (bicyclic) bond motifs is 2. The summed E-state index contributed by atoms with van der Waals surface area (Å²) in [6.07, 6.45) is 2.75. The molecule has 6 nitrogen and oxygen atoms in total. The van der Waals surface area contributed by atoms with Crippen LogP contribution in [0.3, 0.4) is 0 Å². The average molecular weight is 384 g/mol. The van der Waals surface area contributed by atoms with Crippen molar-refractivity contribution < 1.29 is 18.0 Å². The third kappa shape index (κ3) is 3.65. The topological polar surface area (TPSA) is 84.8 Å². The van der Waals surface area contributed by atoms with Crippen LogP contribution in [0.15, 0.2) is 70.7 Å². The summed E-state index contributed by atoms with van der Waals surface area (Å²) < 4.78 is 28.2. The second-order valence-corrected chi connectivity index (χ2v) is 8.66. The fraction of sp³-hybridized carbons (Fsp3) is 0.300. The predicted molar refractivity (Wildman–Crippen MR) is 101 cm³/mol. The summed E-state index contributed by atoms with van der Waals surface area (Å²) in [7, 11) is -3.66. The molecule has 0 aliphatic heterocycles. The molecular weight excluding hydrogens is 364 g/mol. The van der Waals surface area contributed by atoms with Gasteiger partial charge in [0.05, 0.1) is 22.2 Å². The van der Waals surface area contributed by atoms with Gasteiger partial charge in [-0.25, -0.2) is 17.9 Å². The monoisotopic (exact) mass is 384 g/mol. The fourth-order valence-corrected chi connectivity index (χ4v) is 5.23. The molecular formula is C20H20N2O4S. The van der Waals surface area contributed by atoms with E-state index >= 15 is 0 Å². The highest BCUT2D eigenvalue weighted by atomic mass is 32.2. The van der Waals surface area contributed by atoms with Gasteiger partial charge in [0.1, 0.15) is 0 Å². The summed E-state index contributed by atoms with van der Waals surface area (Å²) in [6.45, 7) is 0. The zero-order valence-electron chi connectivity index (χ0n) is 14.6. The zero-order chi connectivity index (χ0) is 18.9. The number of rotatable bonds is 5. The largest absolute Gasteiger partial charge is 0.365 e. The lowest BCUT2D eigenvalue weighted by Crippen LogP contribution is -2.44. The normalized spacial score (nSPS) is 25.6. The molecule has 3 atom stereocenters. The van der Waals surface area contributed by atoms with Gasteiger partial charge in [-0.05, 0) is 49.4 Å². The number of hydrogen-bond donors (Lipinski definition) is 1. The number of benzene rings is 2. The second kappa shape index (κ2) is 7.25. The highest BCUT2D eigenvalue weighted by molar-refractivity contribution is 7.89. The molecule has 7 heteroatoms. The Morgan fingerprint density at radius 3 is 2.37 bits per heavy atom. The molecule has 0 heterocycles. The van der Waals surface area contributed by atoms with Crippen LogP contribution in [0.5, 0.6) is 0 Å². The van der Waals surface area contributed by atoms with Crippen LogP contribution in [0.1, 0.15) is 29.6 Å². The van der Waals surface area contributed by atoms with E-state index in [4.69, 9.17) is 4.84 Å². The SMILES string of the molecule is O=C(O/N=C1\[C@H]2CC[C@@H](C2)[C@H]1NS(=O)(=O)c1ccccc1)c1ccccc1. The van der Waals surface area contributed by atoms with Crippen molar-refractivity contribution in [3.05, 3.63) is 66.2 Å².